The third-order valence-corrected chi connectivity index (χ3v) is 14.4. The molecule has 0 aliphatic carbocycles. The van der Waals surface area contributed by atoms with Crippen LogP contribution in [0.3, 0.4) is 0 Å². The van der Waals surface area contributed by atoms with E-state index in [1.807, 2.05) is 0 Å². The standard InChI is InChI=1S/4C6H16P2.C4.4C2H.F6P.2Mn/c4*1-7(2)5-6-8(3)4;1-3-4-2;4*1-2;1-7(2,3,4,5)6;;/h4*5-6H2,1-4H3;;4*1H;;;/q;;;;-2;5*-1;;+3. The molecule has 53 heavy (non-hydrogen) atoms. The van der Waals surface area contributed by atoms with Gasteiger partial charge in [-0.15, -0.1) is 63.4 Å². The minimum Gasteiger partial charge on any atom is -0.697 e. The zero-order chi connectivity index (χ0) is 44.1. The van der Waals surface area contributed by atoms with Crippen LogP contribution in [0.15, 0.2) is 0 Å². The normalized spacial score (nSPS) is 10.2. The summed E-state index contributed by atoms with van der Waals surface area (Å²) in [5, 5.41) is 0. The summed E-state index contributed by atoms with van der Waals surface area (Å²) in [5.74, 6) is 3.19. The van der Waals surface area contributed by atoms with E-state index < -0.39 is 7.81 Å². The Hall–Kier alpha value is 1.85. The topological polar surface area (TPSA) is 0 Å². The third-order valence-electron chi connectivity index (χ3n) is 4.04. The molecule has 17 heteroatoms. The van der Waals surface area contributed by atoms with E-state index >= 15 is 0 Å². The summed E-state index contributed by atoms with van der Waals surface area (Å²) in [6, 6.07) is 0. The van der Waals surface area contributed by atoms with Crippen molar-refractivity contribution in [1.29, 1.82) is 0 Å². The first-order valence-corrected chi connectivity index (χ1v) is 36.0. The first kappa shape index (κ1) is 86.6. The third kappa shape index (κ3) is 277. The number of halogens is 6. The predicted octanol–water partition coefficient (Wildman–Crippen LogP) is 14.2. The molecule has 1 radical (unpaired) electrons. The van der Waals surface area contributed by atoms with Crippen molar-refractivity contribution in [3.63, 3.8) is 0 Å². The van der Waals surface area contributed by atoms with Gasteiger partial charge in [0.05, 0.1) is 0 Å². The van der Waals surface area contributed by atoms with Crippen LogP contribution in [-0.4, -0.2) is 156 Å². The summed E-state index contributed by atoms with van der Waals surface area (Å²) in [6.07, 6.45) is 59.6. The van der Waals surface area contributed by atoms with Crippen LogP contribution in [0.5, 0.6) is 0 Å². The van der Waals surface area contributed by atoms with Gasteiger partial charge in [-0.2, -0.15) is 0 Å². The van der Waals surface area contributed by atoms with Gasteiger partial charge in [-0.1, -0.05) is 0 Å². The van der Waals surface area contributed by atoms with E-state index in [1.54, 1.807) is 11.8 Å². The summed E-state index contributed by atoms with van der Waals surface area (Å²) in [4.78, 5) is 0. The maximum atomic E-state index is 9.87. The molecule has 0 fully saturated rings. The van der Waals surface area contributed by atoms with E-state index in [-0.39, 0.29) is 34.1 Å². The van der Waals surface area contributed by atoms with Crippen molar-refractivity contribution in [3.05, 3.63) is 38.5 Å². The van der Waals surface area contributed by atoms with Gasteiger partial charge in [0.1, 0.15) is 0 Å². The molecule has 0 amide bonds. The van der Waals surface area contributed by atoms with Crippen molar-refractivity contribution < 1.29 is 59.3 Å². The number of hydrogen-bond donors (Lipinski definition) is 0. The van der Waals surface area contributed by atoms with E-state index in [4.69, 9.17) is 38.5 Å². The molecule has 0 N–H and O–H groups in total. The fourth-order valence-electron chi connectivity index (χ4n) is 1.60. The molecule has 0 aromatic rings. The molecule has 0 atom stereocenters. The first-order valence-electron chi connectivity index (χ1n) is 14.6. The van der Waals surface area contributed by atoms with Gasteiger partial charge in [0.2, 0.25) is 0 Å². The molecule has 0 nitrogen and oxygen atoms in total. The number of hydrogen-bond acceptors (Lipinski definition) is 0. The van der Waals surface area contributed by atoms with Crippen molar-refractivity contribution in [2.75, 3.05) is 156 Å². The van der Waals surface area contributed by atoms with E-state index in [2.05, 4.69) is 132 Å². The molecule has 0 bridgehead atoms. The molecule has 0 aromatic carbocycles. The van der Waals surface area contributed by atoms with Crippen molar-refractivity contribution in [2.24, 2.45) is 0 Å². The smallest absolute Gasteiger partial charge is 0.697 e. The monoisotopic (exact) mass is 1000 g/mol. The van der Waals surface area contributed by atoms with Gasteiger partial charge in [-0.3, -0.25) is 0 Å². The average molecular weight is 1000 g/mol. The Morgan fingerprint density at radius 1 is 0.340 bits per heavy atom. The molecule has 0 heterocycles. The Labute approximate surface area is 360 Å². The van der Waals surface area contributed by atoms with Crippen LogP contribution in [0.1, 0.15) is 0 Å². The summed E-state index contributed by atoms with van der Waals surface area (Å²) >= 11 is 0. The van der Waals surface area contributed by atoms with Crippen LogP contribution in [0.4, 0.5) is 25.2 Å². The molecule has 0 aliphatic heterocycles. The summed E-state index contributed by atoms with van der Waals surface area (Å²) < 4.78 is 59.2. The van der Waals surface area contributed by atoms with Crippen molar-refractivity contribution in [1.82, 2.24) is 0 Å². The second-order valence-corrected chi connectivity index (χ2v) is 34.4. The Morgan fingerprint density at radius 3 is 0.415 bits per heavy atom. The zero-order valence-electron chi connectivity index (χ0n) is 35.0. The summed E-state index contributed by atoms with van der Waals surface area (Å²) in [7, 11) is -7.59. The maximum absolute atomic E-state index is 10.7. The predicted molar refractivity (Wildman–Crippen MR) is 250 cm³/mol. The summed E-state index contributed by atoms with van der Waals surface area (Å²) in [5.41, 5.74) is 0. The van der Waals surface area contributed by atoms with Gasteiger partial charge < -0.3 is 76.1 Å². The molecule has 0 spiro atoms. The Kier molecular flexibility index (Phi) is 95.1. The fourth-order valence-corrected chi connectivity index (χ4v) is 14.4. The Bertz CT molecular complexity index is 700. The molecular formula is C36H68F6Mn2P9-4. The van der Waals surface area contributed by atoms with Crippen molar-refractivity contribution in [3.8, 4) is 37.5 Å². The molecular weight excluding hydrogens is 935 g/mol. The van der Waals surface area contributed by atoms with E-state index in [9.17, 15) is 25.2 Å². The number of rotatable bonds is 12. The number of terminal acetylenes is 4. The Balaban J connectivity index is -0.0000000366. The van der Waals surface area contributed by atoms with Crippen LogP contribution in [0.2, 0.25) is 0 Å². The van der Waals surface area contributed by atoms with Crippen LogP contribution >= 0.6 is 71.2 Å². The zero-order valence-corrected chi connectivity index (χ0v) is 45.4. The second-order valence-electron chi connectivity index (χ2n) is 11.6. The molecule has 0 rings (SSSR count). The fraction of sp³-hybridized carbons (Fsp3) is 0.667. The van der Waals surface area contributed by atoms with Gasteiger partial charge in [0.25, 0.3) is 0 Å². The molecule has 0 unspecified atom stereocenters. The summed E-state index contributed by atoms with van der Waals surface area (Å²) in [6.45, 7) is 37.7. The Morgan fingerprint density at radius 2 is 0.396 bits per heavy atom. The maximum Gasteiger partial charge on any atom is 3.00 e. The van der Waals surface area contributed by atoms with Crippen LogP contribution in [0, 0.1) is 76.1 Å². The van der Waals surface area contributed by atoms with Crippen LogP contribution < -0.4 is 0 Å². The SMILES string of the molecule is CP(C)CCP(C)C.CP(C)CCP(C)C.CP(C)CCP(C)C.CP(C)CCP(C)C.F[P-](F)(F)(F)(F)F.[C-]#C.[C-]#C.[C-]#C.[C-]#C.[C-]#CC#[C-].[Mn+3].[Mn]. The molecule has 317 valence electrons. The molecule has 0 aromatic heterocycles. The van der Waals surface area contributed by atoms with Crippen molar-refractivity contribution >= 4 is 71.2 Å². The average Bonchev–Trinajstić information content (AvgIpc) is 3.00. The largest absolute Gasteiger partial charge is 3.00 e. The van der Waals surface area contributed by atoms with Gasteiger partial charge in [0.15, 0.2) is 0 Å². The minimum absolute atomic E-state index is 0. The molecule has 0 aliphatic rings. The first-order chi connectivity index (χ1) is 22.9. The van der Waals surface area contributed by atoms with Gasteiger partial charge in [-0.05, 0) is 156 Å². The van der Waals surface area contributed by atoms with E-state index in [0.717, 1.165) is 0 Å². The second kappa shape index (κ2) is 58.2. The molecule has 0 saturated heterocycles. The minimum atomic E-state index is -10.7. The van der Waals surface area contributed by atoms with Crippen LogP contribution in [0.25, 0.3) is 0 Å². The van der Waals surface area contributed by atoms with Gasteiger partial charge >= 0.3 is 50.1 Å². The van der Waals surface area contributed by atoms with E-state index in [1.165, 1.54) is 49.3 Å². The van der Waals surface area contributed by atoms with Crippen LogP contribution in [-0.2, 0) is 34.1 Å². The van der Waals surface area contributed by atoms with E-state index in [0.29, 0.717) is 63.4 Å². The van der Waals surface area contributed by atoms with Crippen molar-refractivity contribution in [2.45, 2.75) is 0 Å². The quantitative estimate of drug-likeness (QED) is 0.0601. The van der Waals surface area contributed by atoms with Gasteiger partial charge in [0, 0.05) is 17.1 Å². The molecule has 0 saturated carbocycles. The van der Waals surface area contributed by atoms with Gasteiger partial charge in [-0.25, -0.2) is 0 Å².